The molecule has 0 aliphatic rings. The van der Waals surface area contributed by atoms with Gasteiger partial charge in [-0.1, -0.05) is 0 Å². The van der Waals surface area contributed by atoms with Gasteiger partial charge in [0.1, 0.15) is 18.0 Å². The predicted octanol–water partition coefficient (Wildman–Crippen LogP) is 3.00. The third kappa shape index (κ3) is 6.45. The van der Waals surface area contributed by atoms with Crippen molar-refractivity contribution in [1.29, 1.82) is 0 Å². The maximum absolute atomic E-state index is 11.5. The highest BCUT2D eigenvalue weighted by Crippen LogP contribution is 2.17. The number of carbonyl (C=O) groups excluding carboxylic acids is 2. The van der Waals surface area contributed by atoms with Crippen LogP contribution in [0.5, 0.6) is 5.75 Å². The summed E-state index contributed by atoms with van der Waals surface area (Å²) in [5.41, 5.74) is 0.0682. The van der Waals surface area contributed by atoms with Crippen LogP contribution in [0.1, 0.15) is 27.7 Å². The lowest BCUT2D eigenvalue weighted by Gasteiger charge is -2.19. The zero-order chi connectivity index (χ0) is 14.5. The molecule has 0 atom stereocenters. The minimum absolute atomic E-state index is 0.0405. The van der Waals surface area contributed by atoms with E-state index in [2.05, 4.69) is 5.32 Å². The van der Waals surface area contributed by atoms with E-state index in [1.807, 2.05) is 0 Å². The standard InChI is InChI=1S/C14H19NO4/c1-10(16)9-18-12-7-5-11(6-8-12)15-13(17)19-14(2,3)4/h5-8H,9H2,1-4H3,(H,15,17). The van der Waals surface area contributed by atoms with Crippen molar-refractivity contribution in [2.45, 2.75) is 33.3 Å². The zero-order valence-corrected chi connectivity index (χ0v) is 11.6. The van der Waals surface area contributed by atoms with Crippen molar-refractivity contribution in [3.8, 4) is 5.75 Å². The molecule has 0 bridgehead atoms. The fraction of sp³-hybridized carbons (Fsp3) is 0.429. The van der Waals surface area contributed by atoms with Crippen molar-refractivity contribution in [2.75, 3.05) is 11.9 Å². The fourth-order valence-electron chi connectivity index (χ4n) is 1.24. The first-order valence-corrected chi connectivity index (χ1v) is 5.98. The zero-order valence-electron chi connectivity index (χ0n) is 11.6. The van der Waals surface area contributed by atoms with Crippen LogP contribution in [-0.4, -0.2) is 24.1 Å². The molecule has 104 valence electrons. The van der Waals surface area contributed by atoms with E-state index in [1.54, 1.807) is 45.0 Å². The number of ether oxygens (including phenoxy) is 2. The lowest BCUT2D eigenvalue weighted by molar-refractivity contribution is -0.118. The molecule has 19 heavy (non-hydrogen) atoms. The third-order valence-electron chi connectivity index (χ3n) is 1.94. The van der Waals surface area contributed by atoms with E-state index in [1.165, 1.54) is 6.92 Å². The van der Waals surface area contributed by atoms with Crippen molar-refractivity contribution in [1.82, 2.24) is 0 Å². The molecular formula is C14H19NO4. The largest absolute Gasteiger partial charge is 0.486 e. The molecule has 5 heteroatoms. The number of hydrogen-bond donors (Lipinski definition) is 1. The van der Waals surface area contributed by atoms with Crippen LogP contribution >= 0.6 is 0 Å². The second kappa shape index (κ2) is 6.22. The number of rotatable bonds is 4. The summed E-state index contributed by atoms with van der Waals surface area (Å²) in [4.78, 5) is 22.3. The van der Waals surface area contributed by atoms with E-state index < -0.39 is 11.7 Å². The Labute approximate surface area is 112 Å². The van der Waals surface area contributed by atoms with E-state index in [4.69, 9.17) is 9.47 Å². The molecule has 0 unspecified atom stereocenters. The molecule has 0 aromatic heterocycles. The molecule has 0 spiro atoms. The van der Waals surface area contributed by atoms with Crippen LogP contribution in [0, 0.1) is 0 Å². The molecule has 0 aliphatic heterocycles. The summed E-state index contributed by atoms with van der Waals surface area (Å²) in [6.07, 6.45) is -0.509. The number of hydrogen-bond acceptors (Lipinski definition) is 4. The summed E-state index contributed by atoms with van der Waals surface area (Å²) >= 11 is 0. The van der Waals surface area contributed by atoms with Crippen LogP contribution in [0.15, 0.2) is 24.3 Å². The highest BCUT2D eigenvalue weighted by Gasteiger charge is 2.16. The smallest absolute Gasteiger partial charge is 0.412 e. The van der Waals surface area contributed by atoms with Crippen LogP contribution in [0.3, 0.4) is 0 Å². The summed E-state index contributed by atoms with van der Waals surface area (Å²) in [7, 11) is 0. The van der Waals surface area contributed by atoms with Crippen molar-refractivity contribution in [2.24, 2.45) is 0 Å². The van der Waals surface area contributed by atoms with Crippen molar-refractivity contribution >= 4 is 17.6 Å². The molecule has 0 fully saturated rings. The predicted molar refractivity (Wildman–Crippen MR) is 72.5 cm³/mol. The van der Waals surface area contributed by atoms with Crippen LogP contribution in [-0.2, 0) is 9.53 Å². The number of benzene rings is 1. The Morgan fingerprint density at radius 1 is 1.16 bits per heavy atom. The summed E-state index contributed by atoms with van der Waals surface area (Å²) in [5.74, 6) is 0.529. The average molecular weight is 265 g/mol. The number of nitrogens with one attached hydrogen (secondary N) is 1. The van der Waals surface area contributed by atoms with E-state index in [0.717, 1.165) is 0 Å². The summed E-state index contributed by atoms with van der Waals surface area (Å²) in [6, 6.07) is 6.71. The molecule has 0 aliphatic carbocycles. The van der Waals surface area contributed by atoms with Gasteiger partial charge in [0, 0.05) is 5.69 Å². The Bertz CT molecular complexity index is 446. The Balaban J connectivity index is 2.52. The van der Waals surface area contributed by atoms with Crippen LogP contribution in [0.2, 0.25) is 0 Å². The second-order valence-electron chi connectivity index (χ2n) is 5.14. The Morgan fingerprint density at radius 3 is 2.21 bits per heavy atom. The van der Waals surface area contributed by atoms with Crippen molar-refractivity contribution in [3.63, 3.8) is 0 Å². The monoisotopic (exact) mass is 265 g/mol. The molecule has 0 saturated carbocycles. The molecule has 0 heterocycles. The topological polar surface area (TPSA) is 64.6 Å². The molecule has 0 radical (unpaired) electrons. The maximum atomic E-state index is 11.5. The average Bonchev–Trinajstić information content (AvgIpc) is 2.25. The van der Waals surface area contributed by atoms with Crippen molar-refractivity contribution < 1.29 is 19.1 Å². The quantitative estimate of drug-likeness (QED) is 0.908. The van der Waals surface area contributed by atoms with Gasteiger partial charge in [0.15, 0.2) is 5.78 Å². The molecule has 1 aromatic carbocycles. The first kappa shape index (κ1) is 15.0. The van der Waals surface area contributed by atoms with E-state index >= 15 is 0 Å². The maximum Gasteiger partial charge on any atom is 0.412 e. The van der Waals surface area contributed by atoms with Gasteiger partial charge >= 0.3 is 6.09 Å². The highest BCUT2D eigenvalue weighted by molar-refractivity contribution is 5.84. The van der Waals surface area contributed by atoms with Gasteiger partial charge in [-0.3, -0.25) is 10.1 Å². The molecule has 0 saturated heterocycles. The Morgan fingerprint density at radius 2 is 1.74 bits per heavy atom. The van der Waals surface area contributed by atoms with E-state index in [0.29, 0.717) is 11.4 Å². The van der Waals surface area contributed by atoms with Gasteiger partial charge in [0.05, 0.1) is 0 Å². The molecular weight excluding hydrogens is 246 g/mol. The van der Waals surface area contributed by atoms with Crippen molar-refractivity contribution in [3.05, 3.63) is 24.3 Å². The minimum atomic E-state index is -0.533. The number of carbonyl (C=O) groups is 2. The lowest BCUT2D eigenvalue weighted by atomic mass is 10.2. The van der Waals surface area contributed by atoms with Gasteiger partial charge in [0.25, 0.3) is 0 Å². The molecule has 1 amide bonds. The number of Topliss-reactive ketones (excluding diaryl/α,β-unsaturated/α-hetero) is 1. The van der Waals surface area contributed by atoms with Gasteiger partial charge in [-0.15, -0.1) is 0 Å². The minimum Gasteiger partial charge on any atom is -0.486 e. The normalized spacial score (nSPS) is 10.7. The number of anilines is 1. The van der Waals surface area contributed by atoms with Crippen LogP contribution in [0.4, 0.5) is 10.5 Å². The van der Waals surface area contributed by atoms with Gasteiger partial charge in [-0.2, -0.15) is 0 Å². The summed E-state index contributed by atoms with van der Waals surface area (Å²) in [5, 5.41) is 2.61. The van der Waals surface area contributed by atoms with Crippen LogP contribution in [0.25, 0.3) is 0 Å². The molecule has 1 aromatic rings. The molecule has 1 N–H and O–H groups in total. The number of ketones is 1. The van der Waals surface area contributed by atoms with Gasteiger partial charge < -0.3 is 9.47 Å². The molecule has 1 rings (SSSR count). The van der Waals surface area contributed by atoms with Crippen LogP contribution < -0.4 is 10.1 Å². The SMILES string of the molecule is CC(=O)COc1ccc(NC(=O)OC(C)(C)C)cc1. The van der Waals surface area contributed by atoms with E-state index in [-0.39, 0.29) is 12.4 Å². The fourth-order valence-corrected chi connectivity index (χ4v) is 1.24. The summed E-state index contributed by atoms with van der Waals surface area (Å²) < 4.78 is 10.3. The lowest BCUT2D eigenvalue weighted by Crippen LogP contribution is -2.27. The van der Waals surface area contributed by atoms with E-state index in [9.17, 15) is 9.59 Å². The Kier molecular flexibility index (Phi) is 4.92. The second-order valence-corrected chi connectivity index (χ2v) is 5.14. The van der Waals surface area contributed by atoms with Gasteiger partial charge in [-0.05, 0) is 52.0 Å². The highest BCUT2D eigenvalue weighted by atomic mass is 16.6. The Hall–Kier alpha value is -2.04. The third-order valence-corrected chi connectivity index (χ3v) is 1.94. The molecule has 5 nitrogen and oxygen atoms in total. The van der Waals surface area contributed by atoms with Gasteiger partial charge in [0.2, 0.25) is 0 Å². The number of amides is 1. The first-order chi connectivity index (χ1) is 8.76. The summed E-state index contributed by atoms with van der Waals surface area (Å²) in [6.45, 7) is 6.89. The first-order valence-electron chi connectivity index (χ1n) is 5.98. The van der Waals surface area contributed by atoms with Gasteiger partial charge in [-0.25, -0.2) is 4.79 Å².